The predicted molar refractivity (Wildman–Crippen MR) is 68.5 cm³/mol. The molecule has 0 aromatic carbocycles. The van der Waals surface area contributed by atoms with Crippen LogP contribution < -0.4 is 11.1 Å². The number of hydrogen-bond acceptors (Lipinski definition) is 4. The van der Waals surface area contributed by atoms with Gasteiger partial charge in [-0.1, -0.05) is 12.8 Å². The molecule has 16 heavy (non-hydrogen) atoms. The summed E-state index contributed by atoms with van der Waals surface area (Å²) in [6.45, 7) is 3.76. The van der Waals surface area contributed by atoms with Gasteiger partial charge in [0.15, 0.2) is 0 Å². The van der Waals surface area contributed by atoms with Gasteiger partial charge >= 0.3 is 0 Å². The van der Waals surface area contributed by atoms with Crippen molar-refractivity contribution >= 4 is 11.3 Å². The van der Waals surface area contributed by atoms with Crippen molar-refractivity contribution in [3.05, 3.63) is 16.1 Å². The third-order valence-electron chi connectivity index (χ3n) is 3.39. The van der Waals surface area contributed by atoms with Crippen LogP contribution in [0.15, 0.2) is 5.38 Å². The molecule has 2 rings (SSSR count). The first-order chi connectivity index (χ1) is 7.79. The van der Waals surface area contributed by atoms with Crippen LogP contribution in [0.5, 0.6) is 0 Å². The van der Waals surface area contributed by atoms with E-state index in [9.17, 15) is 0 Å². The van der Waals surface area contributed by atoms with Crippen molar-refractivity contribution in [2.75, 3.05) is 6.54 Å². The van der Waals surface area contributed by atoms with Crippen LogP contribution in [0.2, 0.25) is 0 Å². The molecule has 1 aromatic heterocycles. The topological polar surface area (TPSA) is 50.9 Å². The SMILES string of the molecule is Cc1csc(CNC2CCCCC2CN)n1. The van der Waals surface area contributed by atoms with E-state index in [-0.39, 0.29) is 0 Å². The van der Waals surface area contributed by atoms with Gasteiger partial charge in [-0.2, -0.15) is 0 Å². The van der Waals surface area contributed by atoms with E-state index in [1.165, 1.54) is 30.7 Å². The van der Waals surface area contributed by atoms with Gasteiger partial charge in [0.25, 0.3) is 0 Å². The van der Waals surface area contributed by atoms with Crippen molar-refractivity contribution < 1.29 is 0 Å². The Morgan fingerprint density at radius 1 is 1.50 bits per heavy atom. The van der Waals surface area contributed by atoms with Gasteiger partial charge in [0, 0.05) is 23.7 Å². The Morgan fingerprint density at radius 2 is 2.31 bits per heavy atom. The maximum atomic E-state index is 5.81. The lowest BCUT2D eigenvalue weighted by Gasteiger charge is -2.31. The van der Waals surface area contributed by atoms with E-state index in [0.29, 0.717) is 12.0 Å². The molecule has 1 aliphatic carbocycles. The normalized spacial score (nSPS) is 25.9. The summed E-state index contributed by atoms with van der Waals surface area (Å²) in [4.78, 5) is 4.47. The highest BCUT2D eigenvalue weighted by Crippen LogP contribution is 2.24. The Labute approximate surface area is 101 Å². The van der Waals surface area contributed by atoms with Crippen LogP contribution in [0, 0.1) is 12.8 Å². The Kier molecular flexibility index (Phi) is 4.32. The highest BCUT2D eigenvalue weighted by Gasteiger charge is 2.23. The molecule has 0 spiro atoms. The molecule has 0 radical (unpaired) electrons. The van der Waals surface area contributed by atoms with Crippen LogP contribution in [-0.2, 0) is 6.54 Å². The highest BCUT2D eigenvalue weighted by atomic mass is 32.1. The Hall–Kier alpha value is -0.450. The second-order valence-electron chi connectivity index (χ2n) is 4.65. The van der Waals surface area contributed by atoms with Gasteiger partial charge in [-0.05, 0) is 32.2 Å². The van der Waals surface area contributed by atoms with Gasteiger partial charge in [-0.3, -0.25) is 0 Å². The number of thiazole rings is 1. The zero-order valence-electron chi connectivity index (χ0n) is 9.91. The number of nitrogens with zero attached hydrogens (tertiary/aromatic N) is 1. The monoisotopic (exact) mass is 239 g/mol. The summed E-state index contributed by atoms with van der Waals surface area (Å²) in [5.41, 5.74) is 6.94. The first-order valence-corrected chi connectivity index (χ1v) is 7.02. The average molecular weight is 239 g/mol. The lowest BCUT2D eigenvalue weighted by molar-refractivity contribution is 0.267. The van der Waals surface area contributed by atoms with Crippen LogP contribution in [-0.4, -0.2) is 17.6 Å². The maximum absolute atomic E-state index is 5.81. The van der Waals surface area contributed by atoms with E-state index in [0.717, 1.165) is 18.8 Å². The molecular formula is C12H21N3S. The van der Waals surface area contributed by atoms with Gasteiger partial charge < -0.3 is 11.1 Å². The molecule has 1 saturated carbocycles. The molecule has 2 atom stereocenters. The summed E-state index contributed by atoms with van der Waals surface area (Å²) in [7, 11) is 0. The summed E-state index contributed by atoms with van der Waals surface area (Å²) in [5, 5.41) is 6.92. The van der Waals surface area contributed by atoms with Crippen molar-refractivity contribution in [2.45, 2.75) is 45.2 Å². The fraction of sp³-hybridized carbons (Fsp3) is 0.750. The van der Waals surface area contributed by atoms with Gasteiger partial charge in [0.1, 0.15) is 5.01 Å². The fourth-order valence-electron chi connectivity index (χ4n) is 2.46. The highest BCUT2D eigenvalue weighted by molar-refractivity contribution is 7.09. The fourth-order valence-corrected chi connectivity index (χ4v) is 3.18. The first-order valence-electron chi connectivity index (χ1n) is 6.14. The molecule has 0 amide bonds. The average Bonchev–Trinajstić information content (AvgIpc) is 2.73. The van der Waals surface area contributed by atoms with Crippen LogP contribution in [0.1, 0.15) is 36.4 Å². The zero-order chi connectivity index (χ0) is 11.4. The Balaban J connectivity index is 1.84. The number of rotatable bonds is 4. The molecule has 1 fully saturated rings. The van der Waals surface area contributed by atoms with Gasteiger partial charge in [0.05, 0.1) is 0 Å². The molecule has 3 nitrogen and oxygen atoms in total. The summed E-state index contributed by atoms with van der Waals surface area (Å²) in [5.74, 6) is 0.662. The largest absolute Gasteiger partial charge is 0.330 e. The molecule has 0 aliphatic heterocycles. The van der Waals surface area contributed by atoms with Crippen molar-refractivity contribution in [2.24, 2.45) is 11.7 Å². The van der Waals surface area contributed by atoms with Crippen LogP contribution in [0.3, 0.4) is 0 Å². The number of nitrogens with two attached hydrogens (primary N) is 1. The van der Waals surface area contributed by atoms with E-state index in [4.69, 9.17) is 5.73 Å². The number of hydrogen-bond donors (Lipinski definition) is 2. The van der Waals surface area contributed by atoms with Crippen molar-refractivity contribution in [1.29, 1.82) is 0 Å². The number of nitrogens with one attached hydrogen (secondary N) is 1. The predicted octanol–water partition coefficient (Wildman–Crippen LogP) is 2.06. The molecule has 2 unspecified atom stereocenters. The van der Waals surface area contributed by atoms with Crippen molar-refractivity contribution in [3.8, 4) is 0 Å². The van der Waals surface area contributed by atoms with Gasteiger partial charge in [-0.15, -0.1) is 11.3 Å². The molecule has 1 heterocycles. The second kappa shape index (κ2) is 5.75. The smallest absolute Gasteiger partial charge is 0.107 e. The third kappa shape index (κ3) is 3.03. The first kappa shape index (κ1) is 12.0. The van der Waals surface area contributed by atoms with Crippen LogP contribution in [0.4, 0.5) is 0 Å². The van der Waals surface area contributed by atoms with E-state index >= 15 is 0 Å². The van der Waals surface area contributed by atoms with Gasteiger partial charge in [-0.25, -0.2) is 4.98 Å². The van der Waals surface area contributed by atoms with E-state index in [1.807, 2.05) is 6.92 Å². The maximum Gasteiger partial charge on any atom is 0.107 e. The van der Waals surface area contributed by atoms with E-state index < -0.39 is 0 Å². The summed E-state index contributed by atoms with van der Waals surface area (Å²) >= 11 is 1.74. The minimum Gasteiger partial charge on any atom is -0.330 e. The summed E-state index contributed by atoms with van der Waals surface area (Å²) < 4.78 is 0. The zero-order valence-corrected chi connectivity index (χ0v) is 10.7. The molecule has 90 valence electrons. The molecule has 1 aliphatic rings. The summed E-state index contributed by atoms with van der Waals surface area (Å²) in [6, 6.07) is 0.600. The number of aryl methyl sites for hydroxylation is 1. The van der Waals surface area contributed by atoms with Crippen LogP contribution in [0.25, 0.3) is 0 Å². The lowest BCUT2D eigenvalue weighted by Crippen LogP contribution is -2.41. The van der Waals surface area contributed by atoms with E-state index in [2.05, 4.69) is 15.7 Å². The van der Waals surface area contributed by atoms with Crippen LogP contribution >= 0.6 is 11.3 Å². The van der Waals surface area contributed by atoms with E-state index in [1.54, 1.807) is 11.3 Å². The number of aromatic nitrogens is 1. The molecule has 3 N–H and O–H groups in total. The molecule has 1 aromatic rings. The lowest BCUT2D eigenvalue weighted by atomic mass is 9.84. The quantitative estimate of drug-likeness (QED) is 0.845. The molecule has 0 bridgehead atoms. The molecule has 4 heteroatoms. The molecular weight excluding hydrogens is 218 g/mol. The van der Waals surface area contributed by atoms with Crippen molar-refractivity contribution in [3.63, 3.8) is 0 Å². The standard InChI is InChI=1S/C12H21N3S/c1-9-8-16-12(15-9)7-14-11-5-3-2-4-10(11)6-13/h8,10-11,14H,2-7,13H2,1H3. The minimum absolute atomic E-state index is 0.600. The Bertz CT molecular complexity index is 324. The second-order valence-corrected chi connectivity index (χ2v) is 5.59. The Morgan fingerprint density at radius 3 is 3.00 bits per heavy atom. The minimum atomic E-state index is 0.600. The third-order valence-corrected chi connectivity index (χ3v) is 4.36. The summed E-state index contributed by atoms with van der Waals surface area (Å²) in [6.07, 6.45) is 5.23. The molecule has 0 saturated heterocycles. The van der Waals surface area contributed by atoms with Crippen molar-refractivity contribution in [1.82, 2.24) is 10.3 Å². The van der Waals surface area contributed by atoms with Gasteiger partial charge in [0.2, 0.25) is 0 Å².